The zero-order chi connectivity index (χ0) is 13.0. The molecule has 2 rings (SSSR count). The van der Waals surface area contributed by atoms with Crippen LogP contribution in [-0.4, -0.2) is 12.6 Å². The molecule has 18 heavy (non-hydrogen) atoms. The first kappa shape index (κ1) is 12.2. The van der Waals surface area contributed by atoms with Crippen molar-refractivity contribution < 1.29 is 14.3 Å². The van der Waals surface area contributed by atoms with Crippen LogP contribution in [0.15, 0.2) is 54.8 Å². The lowest BCUT2D eigenvalue weighted by molar-refractivity contribution is -0.140. The van der Waals surface area contributed by atoms with E-state index < -0.39 is 5.97 Å². The Bertz CT molecular complexity index is 582. The average molecular weight is 242 g/mol. The van der Waals surface area contributed by atoms with Crippen molar-refractivity contribution in [3.63, 3.8) is 0 Å². The minimum absolute atomic E-state index is 0.00629. The molecule has 0 atom stereocenters. The van der Waals surface area contributed by atoms with Gasteiger partial charge in [0.25, 0.3) is 0 Å². The largest absolute Gasteiger partial charge is 0.460 e. The van der Waals surface area contributed by atoms with Crippen LogP contribution in [0.4, 0.5) is 0 Å². The number of benzene rings is 2. The first-order valence-electron chi connectivity index (χ1n) is 5.74. The third kappa shape index (κ3) is 2.51. The van der Waals surface area contributed by atoms with Gasteiger partial charge in [-0.1, -0.05) is 36.4 Å². The van der Waals surface area contributed by atoms with E-state index in [0.717, 1.165) is 10.8 Å². The molecule has 0 bridgehead atoms. The molecule has 0 radical (unpaired) electrons. The van der Waals surface area contributed by atoms with Crippen molar-refractivity contribution in [3.8, 4) is 5.75 Å². The molecule has 0 aliphatic carbocycles. The topological polar surface area (TPSA) is 35.5 Å². The van der Waals surface area contributed by atoms with Crippen molar-refractivity contribution in [1.82, 2.24) is 0 Å². The molecule has 0 unspecified atom stereocenters. The van der Waals surface area contributed by atoms with Crippen molar-refractivity contribution >= 4 is 16.7 Å². The molecule has 2 aromatic carbocycles. The Kier molecular flexibility index (Phi) is 3.63. The molecule has 3 nitrogen and oxygen atoms in total. The fourth-order valence-electron chi connectivity index (χ4n) is 1.67. The van der Waals surface area contributed by atoms with Gasteiger partial charge >= 0.3 is 5.97 Å². The predicted octanol–water partition coefficient (Wildman–Crippen LogP) is 3.30. The molecule has 0 amide bonds. The van der Waals surface area contributed by atoms with E-state index in [1.807, 2.05) is 36.4 Å². The van der Waals surface area contributed by atoms with E-state index in [2.05, 4.69) is 6.58 Å². The summed E-state index contributed by atoms with van der Waals surface area (Å²) in [6, 6.07) is 13.4. The normalized spacial score (nSPS) is 10.1. The molecule has 3 heteroatoms. The first-order chi connectivity index (χ1) is 8.72. The fraction of sp³-hybridized carbons (Fsp3) is 0.133. The van der Waals surface area contributed by atoms with Crippen molar-refractivity contribution in [3.05, 3.63) is 54.8 Å². The van der Waals surface area contributed by atoms with Crippen molar-refractivity contribution in [2.24, 2.45) is 0 Å². The summed E-state index contributed by atoms with van der Waals surface area (Å²) in [5.41, 5.74) is 0. The summed E-state index contributed by atoms with van der Waals surface area (Å²) in [4.78, 5) is 11.4. The summed E-state index contributed by atoms with van der Waals surface area (Å²) in [5.74, 6) is 0.0600. The molecule has 92 valence electrons. The second-order valence-corrected chi connectivity index (χ2v) is 3.72. The molecular weight excluding hydrogens is 228 g/mol. The SMILES string of the molecule is C=C(Oc1cccc2ccccc12)C(=O)OCC. The quantitative estimate of drug-likeness (QED) is 0.469. The highest BCUT2D eigenvalue weighted by Gasteiger charge is 2.11. The van der Waals surface area contributed by atoms with Gasteiger partial charge in [0.2, 0.25) is 5.76 Å². The highest BCUT2D eigenvalue weighted by molar-refractivity contribution is 5.90. The fourth-order valence-corrected chi connectivity index (χ4v) is 1.67. The summed E-state index contributed by atoms with van der Waals surface area (Å²) in [7, 11) is 0. The standard InChI is InChI=1S/C15H14O3/c1-3-17-15(16)11(2)18-14-10-6-8-12-7-4-5-9-13(12)14/h4-10H,2-3H2,1H3. The van der Waals surface area contributed by atoms with Crippen molar-refractivity contribution in [2.45, 2.75) is 6.92 Å². The van der Waals surface area contributed by atoms with Crippen molar-refractivity contribution in [1.29, 1.82) is 0 Å². The van der Waals surface area contributed by atoms with Gasteiger partial charge in [0.15, 0.2) is 0 Å². The summed E-state index contributed by atoms with van der Waals surface area (Å²) >= 11 is 0. The minimum atomic E-state index is -0.537. The van der Waals surface area contributed by atoms with Crippen LogP contribution in [0.5, 0.6) is 5.75 Å². The maximum absolute atomic E-state index is 11.4. The second-order valence-electron chi connectivity index (χ2n) is 3.72. The van der Waals surface area contributed by atoms with E-state index in [0.29, 0.717) is 12.4 Å². The number of ether oxygens (including phenoxy) is 2. The Morgan fingerprint density at radius 2 is 1.89 bits per heavy atom. The molecule has 0 heterocycles. The lowest BCUT2D eigenvalue weighted by Gasteiger charge is -2.10. The number of hydrogen-bond donors (Lipinski definition) is 0. The van der Waals surface area contributed by atoms with Crippen LogP contribution in [0.25, 0.3) is 10.8 Å². The van der Waals surface area contributed by atoms with Gasteiger partial charge in [-0.15, -0.1) is 0 Å². The van der Waals surface area contributed by atoms with E-state index >= 15 is 0 Å². The smallest absolute Gasteiger partial charge is 0.373 e. The Morgan fingerprint density at radius 1 is 1.17 bits per heavy atom. The third-order valence-electron chi connectivity index (χ3n) is 2.49. The molecule has 0 N–H and O–H groups in total. The van der Waals surface area contributed by atoms with Crippen LogP contribution in [0, 0.1) is 0 Å². The zero-order valence-corrected chi connectivity index (χ0v) is 10.2. The molecule has 2 aromatic rings. The Labute approximate surface area is 106 Å². The van der Waals surface area contributed by atoms with Crippen LogP contribution >= 0.6 is 0 Å². The van der Waals surface area contributed by atoms with Crippen molar-refractivity contribution in [2.75, 3.05) is 6.61 Å². The van der Waals surface area contributed by atoms with Crippen LogP contribution < -0.4 is 4.74 Å². The summed E-state index contributed by atoms with van der Waals surface area (Å²) in [6.45, 7) is 5.62. The van der Waals surface area contributed by atoms with Gasteiger partial charge in [0.05, 0.1) is 6.61 Å². The molecule has 0 spiro atoms. The Morgan fingerprint density at radius 3 is 2.67 bits per heavy atom. The van der Waals surface area contributed by atoms with Gasteiger partial charge in [-0.25, -0.2) is 4.79 Å². The third-order valence-corrected chi connectivity index (χ3v) is 2.49. The number of esters is 1. The van der Waals surface area contributed by atoms with E-state index in [4.69, 9.17) is 9.47 Å². The molecule has 0 aliphatic rings. The number of rotatable bonds is 4. The van der Waals surface area contributed by atoms with Gasteiger partial charge in [0.1, 0.15) is 5.75 Å². The number of hydrogen-bond acceptors (Lipinski definition) is 3. The lowest BCUT2D eigenvalue weighted by Crippen LogP contribution is -2.11. The number of carbonyl (C=O) groups is 1. The Hall–Kier alpha value is -2.29. The highest BCUT2D eigenvalue weighted by Crippen LogP contribution is 2.26. The highest BCUT2D eigenvalue weighted by atomic mass is 16.6. The second kappa shape index (κ2) is 5.36. The average Bonchev–Trinajstić information content (AvgIpc) is 2.39. The van der Waals surface area contributed by atoms with Gasteiger partial charge in [0, 0.05) is 5.39 Å². The van der Waals surface area contributed by atoms with Gasteiger partial charge in [-0.3, -0.25) is 0 Å². The molecule has 0 aliphatic heterocycles. The summed E-state index contributed by atoms with van der Waals surface area (Å²) in [6.07, 6.45) is 0. The number of fused-ring (bicyclic) bond motifs is 1. The molecule has 0 aromatic heterocycles. The molecule has 0 fully saturated rings. The monoisotopic (exact) mass is 242 g/mol. The van der Waals surface area contributed by atoms with E-state index in [-0.39, 0.29) is 5.76 Å². The van der Waals surface area contributed by atoms with Gasteiger partial charge in [-0.05, 0) is 25.0 Å². The molecular formula is C15H14O3. The van der Waals surface area contributed by atoms with E-state index in [9.17, 15) is 4.79 Å². The predicted molar refractivity (Wildman–Crippen MR) is 70.3 cm³/mol. The Balaban J connectivity index is 2.27. The van der Waals surface area contributed by atoms with Crippen LogP contribution in [0.3, 0.4) is 0 Å². The van der Waals surface area contributed by atoms with E-state index in [1.165, 1.54) is 0 Å². The lowest BCUT2D eigenvalue weighted by atomic mass is 10.1. The first-order valence-corrected chi connectivity index (χ1v) is 5.74. The van der Waals surface area contributed by atoms with Gasteiger partial charge in [-0.2, -0.15) is 0 Å². The van der Waals surface area contributed by atoms with Crippen LogP contribution in [0.1, 0.15) is 6.92 Å². The molecule has 0 saturated heterocycles. The summed E-state index contributed by atoms with van der Waals surface area (Å²) < 4.78 is 10.3. The summed E-state index contributed by atoms with van der Waals surface area (Å²) in [5, 5.41) is 1.98. The zero-order valence-electron chi connectivity index (χ0n) is 10.2. The maximum Gasteiger partial charge on any atom is 0.373 e. The van der Waals surface area contributed by atoms with E-state index in [1.54, 1.807) is 13.0 Å². The van der Waals surface area contributed by atoms with Crippen LogP contribution in [-0.2, 0) is 9.53 Å². The maximum atomic E-state index is 11.4. The molecule has 0 saturated carbocycles. The van der Waals surface area contributed by atoms with Crippen LogP contribution in [0.2, 0.25) is 0 Å². The van der Waals surface area contributed by atoms with Gasteiger partial charge < -0.3 is 9.47 Å². The number of carbonyl (C=O) groups excluding carboxylic acids is 1. The minimum Gasteiger partial charge on any atom is -0.460 e.